The van der Waals surface area contributed by atoms with Crippen molar-refractivity contribution in [2.45, 2.75) is 58.9 Å². The van der Waals surface area contributed by atoms with Crippen LogP contribution < -0.4 is 10.1 Å². The molecule has 21 heavy (non-hydrogen) atoms. The maximum Gasteiger partial charge on any atom is 0.119 e. The highest BCUT2D eigenvalue weighted by Gasteiger charge is 2.28. The lowest BCUT2D eigenvalue weighted by Gasteiger charge is -2.35. The summed E-state index contributed by atoms with van der Waals surface area (Å²) in [6.45, 7) is 8.35. The summed E-state index contributed by atoms with van der Waals surface area (Å²) in [7, 11) is 0. The second-order valence-electron chi connectivity index (χ2n) is 6.24. The molecule has 0 amide bonds. The lowest BCUT2D eigenvalue weighted by molar-refractivity contribution is 0.210. The molecule has 1 N–H and O–H groups in total. The van der Waals surface area contributed by atoms with Crippen molar-refractivity contribution in [3.8, 4) is 5.75 Å². The van der Waals surface area contributed by atoms with Crippen molar-refractivity contribution >= 4 is 0 Å². The molecule has 3 unspecified atom stereocenters. The molecule has 1 aromatic rings. The standard InChI is InChI=1S/C19H31NO/c1-4-15-8-7-9-17(14-15)19(20-5-2)16-10-12-18(13-11-16)21-6-3/h10-13,15,17,19-20H,4-9,14H2,1-3H3. The van der Waals surface area contributed by atoms with E-state index >= 15 is 0 Å². The van der Waals surface area contributed by atoms with Crippen LogP contribution >= 0.6 is 0 Å². The number of hydrogen-bond donors (Lipinski definition) is 1. The van der Waals surface area contributed by atoms with Gasteiger partial charge in [0.15, 0.2) is 0 Å². The fourth-order valence-electron chi connectivity index (χ4n) is 3.72. The summed E-state index contributed by atoms with van der Waals surface area (Å²) >= 11 is 0. The van der Waals surface area contributed by atoms with E-state index in [1.807, 2.05) is 6.92 Å². The molecule has 1 saturated carbocycles. The van der Waals surface area contributed by atoms with Crippen LogP contribution in [-0.4, -0.2) is 13.2 Å². The summed E-state index contributed by atoms with van der Waals surface area (Å²) < 4.78 is 5.56. The van der Waals surface area contributed by atoms with Crippen LogP contribution in [0.5, 0.6) is 5.75 Å². The normalized spacial score (nSPS) is 23.8. The van der Waals surface area contributed by atoms with E-state index in [2.05, 4.69) is 43.4 Å². The van der Waals surface area contributed by atoms with Crippen LogP contribution in [0.15, 0.2) is 24.3 Å². The predicted molar refractivity (Wildman–Crippen MR) is 89.8 cm³/mol. The van der Waals surface area contributed by atoms with Crippen LogP contribution in [0, 0.1) is 11.8 Å². The van der Waals surface area contributed by atoms with Crippen LogP contribution in [0.3, 0.4) is 0 Å². The Morgan fingerprint density at radius 3 is 2.52 bits per heavy atom. The fourth-order valence-corrected chi connectivity index (χ4v) is 3.72. The minimum atomic E-state index is 0.500. The molecule has 0 aromatic heterocycles. The third kappa shape index (κ3) is 4.47. The number of nitrogens with one attached hydrogen (secondary N) is 1. The molecule has 0 spiro atoms. The van der Waals surface area contributed by atoms with Gasteiger partial charge in [-0.1, -0.05) is 45.2 Å². The highest BCUT2D eigenvalue weighted by Crippen LogP contribution is 2.38. The van der Waals surface area contributed by atoms with Gasteiger partial charge in [0, 0.05) is 6.04 Å². The van der Waals surface area contributed by atoms with E-state index in [1.165, 1.54) is 37.7 Å². The van der Waals surface area contributed by atoms with Gasteiger partial charge in [0.2, 0.25) is 0 Å². The topological polar surface area (TPSA) is 21.3 Å². The quantitative estimate of drug-likeness (QED) is 0.766. The molecular formula is C19H31NO. The highest BCUT2D eigenvalue weighted by molar-refractivity contribution is 5.29. The van der Waals surface area contributed by atoms with E-state index in [-0.39, 0.29) is 0 Å². The molecule has 2 rings (SSSR count). The Bertz CT molecular complexity index is 401. The summed E-state index contributed by atoms with van der Waals surface area (Å²) in [6, 6.07) is 9.22. The van der Waals surface area contributed by atoms with Crippen molar-refractivity contribution in [2.75, 3.05) is 13.2 Å². The first-order valence-electron chi connectivity index (χ1n) is 8.74. The molecular weight excluding hydrogens is 258 g/mol. The van der Waals surface area contributed by atoms with Crippen LogP contribution in [0.2, 0.25) is 0 Å². The van der Waals surface area contributed by atoms with Gasteiger partial charge in [-0.15, -0.1) is 0 Å². The Morgan fingerprint density at radius 1 is 1.14 bits per heavy atom. The molecule has 0 heterocycles. The van der Waals surface area contributed by atoms with Crippen molar-refractivity contribution in [2.24, 2.45) is 11.8 Å². The number of ether oxygens (including phenoxy) is 1. The van der Waals surface area contributed by atoms with Crippen molar-refractivity contribution in [1.82, 2.24) is 5.32 Å². The molecule has 0 aliphatic heterocycles. The van der Waals surface area contributed by atoms with Gasteiger partial charge in [0.25, 0.3) is 0 Å². The van der Waals surface area contributed by atoms with Gasteiger partial charge in [0.1, 0.15) is 5.75 Å². The summed E-state index contributed by atoms with van der Waals surface area (Å²) in [4.78, 5) is 0. The maximum absolute atomic E-state index is 5.56. The molecule has 1 aromatic carbocycles. The monoisotopic (exact) mass is 289 g/mol. The van der Waals surface area contributed by atoms with E-state index in [9.17, 15) is 0 Å². The second kappa shape index (κ2) is 8.43. The molecule has 0 saturated heterocycles. The molecule has 1 fully saturated rings. The number of rotatable bonds is 7. The van der Waals surface area contributed by atoms with Crippen LogP contribution in [0.4, 0.5) is 0 Å². The molecule has 118 valence electrons. The second-order valence-corrected chi connectivity index (χ2v) is 6.24. The third-order valence-corrected chi connectivity index (χ3v) is 4.85. The number of hydrogen-bond acceptors (Lipinski definition) is 2. The molecule has 1 aliphatic rings. The molecule has 2 heteroatoms. The van der Waals surface area contributed by atoms with E-state index < -0.39 is 0 Å². The first kappa shape index (κ1) is 16.4. The lowest BCUT2D eigenvalue weighted by Crippen LogP contribution is -2.31. The van der Waals surface area contributed by atoms with Gasteiger partial charge in [-0.05, 0) is 55.8 Å². The first-order valence-corrected chi connectivity index (χ1v) is 8.74. The average molecular weight is 289 g/mol. The zero-order valence-corrected chi connectivity index (χ0v) is 13.9. The molecule has 2 nitrogen and oxygen atoms in total. The van der Waals surface area contributed by atoms with Gasteiger partial charge >= 0.3 is 0 Å². The summed E-state index contributed by atoms with van der Waals surface area (Å²) in [5.41, 5.74) is 1.42. The Kier molecular flexibility index (Phi) is 6.56. The Hall–Kier alpha value is -1.02. The number of benzene rings is 1. The van der Waals surface area contributed by atoms with Gasteiger partial charge in [0.05, 0.1) is 6.61 Å². The lowest BCUT2D eigenvalue weighted by atomic mass is 9.75. The summed E-state index contributed by atoms with van der Waals surface area (Å²) in [6.07, 6.45) is 6.89. The maximum atomic E-state index is 5.56. The SMILES string of the molecule is CCNC(c1ccc(OCC)cc1)C1CCCC(CC)C1. The van der Waals surface area contributed by atoms with E-state index in [0.29, 0.717) is 6.04 Å². The zero-order chi connectivity index (χ0) is 15.1. The Morgan fingerprint density at radius 2 is 1.90 bits per heavy atom. The van der Waals surface area contributed by atoms with E-state index in [0.717, 1.165) is 30.7 Å². The van der Waals surface area contributed by atoms with Crippen molar-refractivity contribution in [3.63, 3.8) is 0 Å². The smallest absolute Gasteiger partial charge is 0.119 e. The van der Waals surface area contributed by atoms with Crippen LogP contribution in [0.1, 0.15) is 64.5 Å². The van der Waals surface area contributed by atoms with Gasteiger partial charge in [-0.25, -0.2) is 0 Å². The minimum absolute atomic E-state index is 0.500. The van der Waals surface area contributed by atoms with Crippen molar-refractivity contribution in [3.05, 3.63) is 29.8 Å². The van der Waals surface area contributed by atoms with Gasteiger partial charge in [-0.2, -0.15) is 0 Å². The van der Waals surface area contributed by atoms with Crippen molar-refractivity contribution in [1.29, 1.82) is 0 Å². The average Bonchev–Trinajstić information content (AvgIpc) is 2.54. The molecule has 1 aliphatic carbocycles. The Balaban J connectivity index is 2.09. The van der Waals surface area contributed by atoms with Crippen LogP contribution in [-0.2, 0) is 0 Å². The molecule has 0 radical (unpaired) electrons. The van der Waals surface area contributed by atoms with E-state index in [4.69, 9.17) is 4.74 Å². The summed E-state index contributed by atoms with van der Waals surface area (Å²) in [5, 5.41) is 3.72. The van der Waals surface area contributed by atoms with Crippen LogP contribution in [0.25, 0.3) is 0 Å². The minimum Gasteiger partial charge on any atom is -0.494 e. The molecule has 3 atom stereocenters. The van der Waals surface area contributed by atoms with Gasteiger partial charge in [-0.3, -0.25) is 0 Å². The fraction of sp³-hybridized carbons (Fsp3) is 0.684. The van der Waals surface area contributed by atoms with Crippen molar-refractivity contribution < 1.29 is 4.74 Å². The third-order valence-electron chi connectivity index (χ3n) is 4.85. The predicted octanol–water partition coefficient (Wildman–Crippen LogP) is 4.95. The summed E-state index contributed by atoms with van der Waals surface area (Å²) in [5.74, 6) is 2.68. The van der Waals surface area contributed by atoms with E-state index in [1.54, 1.807) is 0 Å². The molecule has 0 bridgehead atoms. The first-order chi connectivity index (χ1) is 10.3. The zero-order valence-electron chi connectivity index (χ0n) is 13.9. The largest absolute Gasteiger partial charge is 0.494 e. The highest BCUT2D eigenvalue weighted by atomic mass is 16.5. The van der Waals surface area contributed by atoms with Gasteiger partial charge < -0.3 is 10.1 Å². The Labute approximate surface area is 130 Å².